The first-order valence-corrected chi connectivity index (χ1v) is 10.4. The Morgan fingerprint density at radius 3 is 2.79 bits per heavy atom. The van der Waals surface area contributed by atoms with Crippen LogP contribution in [0.5, 0.6) is 5.75 Å². The van der Waals surface area contributed by atoms with Crippen LogP contribution in [0.2, 0.25) is 0 Å². The summed E-state index contributed by atoms with van der Waals surface area (Å²) >= 11 is 0. The van der Waals surface area contributed by atoms with Crippen LogP contribution in [0, 0.1) is 0 Å². The van der Waals surface area contributed by atoms with Gasteiger partial charge in [-0.3, -0.25) is 4.90 Å². The molecule has 7 heteroatoms. The van der Waals surface area contributed by atoms with E-state index in [0.717, 1.165) is 82.8 Å². The van der Waals surface area contributed by atoms with Crippen molar-refractivity contribution < 1.29 is 14.2 Å². The third kappa shape index (κ3) is 5.44. The highest BCUT2D eigenvalue weighted by molar-refractivity contribution is 5.33. The third-order valence-corrected chi connectivity index (χ3v) is 5.45. The van der Waals surface area contributed by atoms with E-state index in [4.69, 9.17) is 19.2 Å². The van der Waals surface area contributed by atoms with E-state index in [1.807, 2.05) is 24.4 Å². The molecule has 2 saturated heterocycles. The molecule has 2 aliphatic rings. The number of rotatable bonds is 8. The standard InChI is InChI=1S/C22H30N4O3/c1-27-21-7-3-2-5-18(21)15-25(17-20-6-4-12-29-20)16-19-8-9-23-22(24-19)26-10-13-28-14-11-26/h2-3,5,7-9,20H,4,6,10-17H2,1H3/t20-/m0/s1. The van der Waals surface area contributed by atoms with Crippen molar-refractivity contribution >= 4 is 5.95 Å². The van der Waals surface area contributed by atoms with Gasteiger partial charge in [0.05, 0.1) is 32.1 Å². The minimum atomic E-state index is 0.283. The topological polar surface area (TPSA) is 60.0 Å². The number of aromatic nitrogens is 2. The maximum atomic E-state index is 5.91. The molecule has 2 aliphatic heterocycles. The molecule has 1 aromatic heterocycles. The number of hydrogen-bond donors (Lipinski definition) is 0. The quantitative estimate of drug-likeness (QED) is 0.677. The lowest BCUT2D eigenvalue weighted by Gasteiger charge is -2.28. The van der Waals surface area contributed by atoms with Gasteiger partial charge in [-0.1, -0.05) is 18.2 Å². The molecule has 156 valence electrons. The van der Waals surface area contributed by atoms with Crippen LogP contribution < -0.4 is 9.64 Å². The van der Waals surface area contributed by atoms with Gasteiger partial charge in [0, 0.05) is 51.1 Å². The lowest BCUT2D eigenvalue weighted by Crippen LogP contribution is -2.37. The molecule has 0 saturated carbocycles. The van der Waals surface area contributed by atoms with E-state index in [1.165, 1.54) is 5.56 Å². The molecular weight excluding hydrogens is 368 g/mol. The van der Waals surface area contributed by atoms with Gasteiger partial charge in [-0.2, -0.15) is 0 Å². The molecule has 0 unspecified atom stereocenters. The number of hydrogen-bond acceptors (Lipinski definition) is 7. The van der Waals surface area contributed by atoms with E-state index in [-0.39, 0.29) is 6.10 Å². The minimum absolute atomic E-state index is 0.283. The van der Waals surface area contributed by atoms with Crippen molar-refractivity contribution in [2.24, 2.45) is 0 Å². The fourth-order valence-electron chi connectivity index (χ4n) is 3.95. The van der Waals surface area contributed by atoms with Crippen molar-refractivity contribution in [2.45, 2.75) is 32.0 Å². The van der Waals surface area contributed by atoms with Crippen LogP contribution in [0.3, 0.4) is 0 Å². The van der Waals surface area contributed by atoms with Gasteiger partial charge < -0.3 is 19.1 Å². The van der Waals surface area contributed by atoms with E-state index >= 15 is 0 Å². The maximum absolute atomic E-state index is 5.91. The number of ether oxygens (including phenoxy) is 3. The van der Waals surface area contributed by atoms with Gasteiger partial charge in [0.15, 0.2) is 0 Å². The molecule has 0 radical (unpaired) electrons. The van der Waals surface area contributed by atoms with Crippen molar-refractivity contribution in [3.8, 4) is 5.75 Å². The lowest BCUT2D eigenvalue weighted by atomic mass is 10.1. The zero-order valence-corrected chi connectivity index (χ0v) is 17.1. The van der Waals surface area contributed by atoms with Crippen molar-refractivity contribution in [1.82, 2.24) is 14.9 Å². The summed E-state index contributed by atoms with van der Waals surface area (Å²) < 4.78 is 16.9. The first-order valence-electron chi connectivity index (χ1n) is 10.4. The summed E-state index contributed by atoms with van der Waals surface area (Å²) in [5.41, 5.74) is 2.20. The van der Waals surface area contributed by atoms with Gasteiger partial charge in [0.25, 0.3) is 0 Å². The van der Waals surface area contributed by atoms with Crippen molar-refractivity contribution in [1.29, 1.82) is 0 Å². The van der Waals surface area contributed by atoms with Crippen LogP contribution in [0.15, 0.2) is 36.5 Å². The second-order valence-corrected chi connectivity index (χ2v) is 7.56. The van der Waals surface area contributed by atoms with Gasteiger partial charge in [0.2, 0.25) is 5.95 Å². The molecule has 29 heavy (non-hydrogen) atoms. The Morgan fingerprint density at radius 1 is 1.14 bits per heavy atom. The largest absolute Gasteiger partial charge is 0.496 e. The zero-order chi connectivity index (χ0) is 19.9. The third-order valence-electron chi connectivity index (χ3n) is 5.45. The van der Waals surface area contributed by atoms with Gasteiger partial charge in [-0.15, -0.1) is 0 Å². The summed E-state index contributed by atoms with van der Waals surface area (Å²) in [7, 11) is 1.72. The molecular formula is C22H30N4O3. The van der Waals surface area contributed by atoms with Crippen molar-refractivity contribution in [3.63, 3.8) is 0 Å². The van der Waals surface area contributed by atoms with Gasteiger partial charge >= 0.3 is 0 Å². The summed E-state index contributed by atoms with van der Waals surface area (Å²) in [4.78, 5) is 13.9. The molecule has 0 bridgehead atoms. The molecule has 0 spiro atoms. The molecule has 3 heterocycles. The van der Waals surface area contributed by atoms with E-state index in [9.17, 15) is 0 Å². The number of methoxy groups -OCH3 is 1. The number of anilines is 1. The van der Waals surface area contributed by atoms with E-state index in [1.54, 1.807) is 7.11 Å². The average Bonchev–Trinajstić information content (AvgIpc) is 3.28. The Morgan fingerprint density at radius 2 is 2.00 bits per heavy atom. The SMILES string of the molecule is COc1ccccc1CN(Cc1ccnc(N2CCOCC2)n1)C[C@@H]1CCCO1. The molecule has 2 fully saturated rings. The van der Waals surface area contributed by atoms with Gasteiger partial charge in [-0.05, 0) is 25.0 Å². The van der Waals surface area contributed by atoms with Crippen molar-refractivity contribution in [2.75, 3.05) is 51.5 Å². The van der Waals surface area contributed by atoms with E-state index in [2.05, 4.69) is 26.9 Å². The Kier molecular flexibility index (Phi) is 6.92. The zero-order valence-electron chi connectivity index (χ0n) is 17.1. The predicted molar refractivity (Wildman–Crippen MR) is 111 cm³/mol. The molecule has 0 aliphatic carbocycles. The molecule has 0 amide bonds. The van der Waals surface area contributed by atoms with Crippen LogP contribution in [-0.4, -0.2) is 67.5 Å². The van der Waals surface area contributed by atoms with Crippen molar-refractivity contribution in [3.05, 3.63) is 47.8 Å². The number of nitrogens with zero attached hydrogens (tertiary/aromatic N) is 4. The predicted octanol–water partition coefficient (Wildman–Crippen LogP) is 2.50. The highest BCUT2D eigenvalue weighted by atomic mass is 16.5. The summed E-state index contributed by atoms with van der Waals surface area (Å²) in [6.07, 6.45) is 4.40. The van der Waals surface area contributed by atoms with Crippen LogP contribution in [0.1, 0.15) is 24.1 Å². The molecule has 1 atom stereocenters. The summed E-state index contributed by atoms with van der Waals surface area (Å²) in [5.74, 6) is 1.71. The summed E-state index contributed by atoms with van der Waals surface area (Å²) in [5, 5.41) is 0. The fraction of sp³-hybridized carbons (Fsp3) is 0.545. The summed E-state index contributed by atoms with van der Waals surface area (Å²) in [6.45, 7) is 6.42. The normalized spacial score (nSPS) is 19.7. The fourth-order valence-corrected chi connectivity index (χ4v) is 3.95. The first kappa shape index (κ1) is 20.1. The van der Waals surface area contributed by atoms with Gasteiger partial charge in [-0.25, -0.2) is 9.97 Å². The minimum Gasteiger partial charge on any atom is -0.496 e. The van der Waals surface area contributed by atoms with Crippen LogP contribution >= 0.6 is 0 Å². The number of para-hydroxylation sites is 1. The number of benzene rings is 1. The second-order valence-electron chi connectivity index (χ2n) is 7.56. The Hall–Kier alpha value is -2.22. The highest BCUT2D eigenvalue weighted by Crippen LogP contribution is 2.22. The van der Waals surface area contributed by atoms with E-state index < -0.39 is 0 Å². The Bertz CT molecular complexity index is 776. The molecule has 4 rings (SSSR count). The molecule has 0 N–H and O–H groups in total. The van der Waals surface area contributed by atoms with Crippen LogP contribution in [0.4, 0.5) is 5.95 Å². The first-order chi connectivity index (χ1) is 14.3. The molecule has 7 nitrogen and oxygen atoms in total. The van der Waals surface area contributed by atoms with E-state index in [0.29, 0.717) is 0 Å². The molecule has 1 aromatic carbocycles. The monoisotopic (exact) mass is 398 g/mol. The Labute approximate surface area is 172 Å². The summed E-state index contributed by atoms with van der Waals surface area (Å²) in [6, 6.07) is 10.2. The van der Waals surface area contributed by atoms with Crippen LogP contribution in [0.25, 0.3) is 0 Å². The second kappa shape index (κ2) is 10.0. The molecule has 2 aromatic rings. The lowest BCUT2D eigenvalue weighted by molar-refractivity contribution is 0.0672. The highest BCUT2D eigenvalue weighted by Gasteiger charge is 2.21. The van der Waals surface area contributed by atoms with Crippen LogP contribution in [-0.2, 0) is 22.6 Å². The van der Waals surface area contributed by atoms with Gasteiger partial charge in [0.1, 0.15) is 5.75 Å². The smallest absolute Gasteiger partial charge is 0.225 e. The Balaban J connectivity index is 1.50. The maximum Gasteiger partial charge on any atom is 0.225 e. The number of morpholine rings is 1. The average molecular weight is 399 g/mol.